The zero-order valence-electron chi connectivity index (χ0n) is 16.5. The molecule has 2 aromatic carbocycles. The molecule has 0 atom stereocenters. The summed E-state index contributed by atoms with van der Waals surface area (Å²) in [6, 6.07) is 7.78. The van der Waals surface area contributed by atoms with Gasteiger partial charge in [-0.1, -0.05) is 26.0 Å². The molecule has 0 amide bonds. The molecule has 2 aromatic rings. The first-order valence-corrected chi connectivity index (χ1v) is 10.4. The van der Waals surface area contributed by atoms with Crippen LogP contribution >= 0.6 is 0 Å². The molecule has 0 saturated carbocycles. The standard InChI is InChI=1S/C19H21F3N2O5S/c1-12(2)15-6-4-13(3)10-18(15)29-9-8-23-16-7-5-14(11-17(16)24(25)26)30(27,28)19(20,21)22/h4-7,10-12,23H,8-9H2,1-3H3. The van der Waals surface area contributed by atoms with Crippen molar-refractivity contribution in [3.63, 3.8) is 0 Å². The zero-order chi connectivity index (χ0) is 22.7. The van der Waals surface area contributed by atoms with Gasteiger partial charge in [0.05, 0.1) is 9.82 Å². The lowest BCUT2D eigenvalue weighted by Crippen LogP contribution is -2.23. The third-order valence-electron chi connectivity index (χ3n) is 4.25. The Morgan fingerprint density at radius 2 is 1.83 bits per heavy atom. The molecule has 0 aliphatic carbocycles. The quantitative estimate of drug-likeness (QED) is 0.355. The number of anilines is 1. The van der Waals surface area contributed by atoms with Gasteiger partial charge >= 0.3 is 5.51 Å². The van der Waals surface area contributed by atoms with Gasteiger partial charge in [0.15, 0.2) is 0 Å². The second-order valence-corrected chi connectivity index (χ2v) is 8.80. The second kappa shape index (κ2) is 8.90. The van der Waals surface area contributed by atoms with Crippen LogP contribution in [0.2, 0.25) is 0 Å². The van der Waals surface area contributed by atoms with Crippen molar-refractivity contribution in [2.75, 3.05) is 18.5 Å². The molecular weight excluding hydrogens is 425 g/mol. The van der Waals surface area contributed by atoms with Crippen molar-refractivity contribution in [3.05, 3.63) is 57.6 Å². The Morgan fingerprint density at radius 1 is 1.17 bits per heavy atom. The average molecular weight is 446 g/mol. The fourth-order valence-electron chi connectivity index (χ4n) is 2.70. The van der Waals surface area contributed by atoms with E-state index in [1.54, 1.807) is 0 Å². The van der Waals surface area contributed by atoms with Crippen molar-refractivity contribution in [2.24, 2.45) is 0 Å². The Kier molecular flexibility index (Phi) is 6.96. The number of ether oxygens (including phenoxy) is 1. The molecule has 0 aliphatic heterocycles. The molecule has 11 heteroatoms. The van der Waals surface area contributed by atoms with Crippen LogP contribution < -0.4 is 10.1 Å². The number of rotatable bonds is 8. The van der Waals surface area contributed by atoms with E-state index in [0.29, 0.717) is 17.9 Å². The molecule has 0 aromatic heterocycles. The van der Waals surface area contributed by atoms with E-state index < -0.39 is 30.9 Å². The molecule has 0 heterocycles. The smallest absolute Gasteiger partial charge is 0.491 e. The minimum atomic E-state index is -5.68. The first-order chi connectivity index (χ1) is 13.8. The predicted molar refractivity (Wildman–Crippen MR) is 106 cm³/mol. The molecule has 0 fully saturated rings. The monoisotopic (exact) mass is 446 g/mol. The number of hydrogen-bond acceptors (Lipinski definition) is 6. The van der Waals surface area contributed by atoms with E-state index >= 15 is 0 Å². The summed E-state index contributed by atoms with van der Waals surface area (Å²) in [5.41, 5.74) is -4.45. The van der Waals surface area contributed by atoms with E-state index in [0.717, 1.165) is 17.2 Å². The van der Waals surface area contributed by atoms with Crippen LogP contribution in [0.25, 0.3) is 0 Å². The summed E-state index contributed by atoms with van der Waals surface area (Å²) in [7, 11) is -5.68. The van der Waals surface area contributed by atoms with Gasteiger partial charge in [-0.3, -0.25) is 10.1 Å². The lowest BCUT2D eigenvalue weighted by atomic mass is 10.0. The Labute approximate surface area is 171 Å². The normalized spacial score (nSPS) is 12.1. The molecular formula is C19H21F3N2O5S. The Balaban J connectivity index is 2.15. The summed E-state index contributed by atoms with van der Waals surface area (Å²) in [6.07, 6.45) is 0. The maximum absolute atomic E-state index is 12.7. The Hall–Kier alpha value is -2.82. The number of nitrogens with one attached hydrogen (secondary N) is 1. The number of aryl methyl sites for hydroxylation is 1. The fraction of sp³-hybridized carbons (Fsp3) is 0.368. The van der Waals surface area contributed by atoms with Crippen LogP contribution in [0.3, 0.4) is 0 Å². The van der Waals surface area contributed by atoms with Crippen LogP contribution in [0.15, 0.2) is 41.3 Å². The molecule has 0 bridgehead atoms. The van der Waals surface area contributed by atoms with Crippen LogP contribution in [-0.4, -0.2) is 32.0 Å². The molecule has 7 nitrogen and oxygen atoms in total. The highest BCUT2D eigenvalue weighted by molar-refractivity contribution is 7.92. The highest BCUT2D eigenvalue weighted by atomic mass is 32.2. The van der Waals surface area contributed by atoms with Crippen LogP contribution in [-0.2, 0) is 9.84 Å². The van der Waals surface area contributed by atoms with Crippen LogP contribution in [0.5, 0.6) is 5.75 Å². The summed E-state index contributed by atoms with van der Waals surface area (Å²) in [5, 5.41) is 13.9. The van der Waals surface area contributed by atoms with Crippen molar-refractivity contribution in [2.45, 2.75) is 37.1 Å². The summed E-state index contributed by atoms with van der Waals surface area (Å²) in [5.74, 6) is 0.894. The van der Waals surface area contributed by atoms with Gasteiger partial charge in [0, 0.05) is 12.6 Å². The number of hydrogen-bond donors (Lipinski definition) is 1. The van der Waals surface area contributed by atoms with Crippen LogP contribution in [0.4, 0.5) is 24.5 Å². The van der Waals surface area contributed by atoms with Crippen LogP contribution in [0, 0.1) is 17.0 Å². The maximum atomic E-state index is 12.7. The largest absolute Gasteiger partial charge is 0.501 e. The van der Waals surface area contributed by atoms with E-state index in [9.17, 15) is 31.7 Å². The molecule has 164 valence electrons. The third-order valence-corrected chi connectivity index (χ3v) is 5.73. The van der Waals surface area contributed by atoms with Gasteiger partial charge < -0.3 is 10.1 Å². The van der Waals surface area contributed by atoms with Crippen molar-refractivity contribution >= 4 is 21.2 Å². The number of nitrogens with zero attached hydrogens (tertiary/aromatic N) is 1. The second-order valence-electron chi connectivity index (χ2n) is 6.86. The molecule has 2 rings (SSSR count). The number of benzene rings is 2. The number of alkyl halides is 3. The van der Waals surface area contributed by atoms with E-state index in [1.807, 2.05) is 39.0 Å². The van der Waals surface area contributed by atoms with Gasteiger partial charge in [0.1, 0.15) is 18.0 Å². The highest BCUT2D eigenvalue weighted by Gasteiger charge is 2.47. The molecule has 0 saturated heterocycles. The lowest BCUT2D eigenvalue weighted by Gasteiger charge is -2.15. The fourth-order valence-corrected chi connectivity index (χ4v) is 3.48. The summed E-state index contributed by atoms with van der Waals surface area (Å²) in [6.45, 7) is 6.17. The topological polar surface area (TPSA) is 98.5 Å². The van der Waals surface area contributed by atoms with Gasteiger partial charge in [0.25, 0.3) is 15.5 Å². The number of halogens is 3. The first-order valence-electron chi connectivity index (χ1n) is 8.91. The predicted octanol–water partition coefficient (Wildman–Crippen LogP) is 4.81. The average Bonchev–Trinajstić information content (AvgIpc) is 2.64. The number of nitro benzene ring substituents is 1. The first kappa shape index (κ1) is 23.5. The Bertz CT molecular complexity index is 1040. The van der Waals surface area contributed by atoms with Crippen LogP contribution in [0.1, 0.15) is 30.9 Å². The summed E-state index contributed by atoms with van der Waals surface area (Å²) >= 11 is 0. The van der Waals surface area contributed by atoms with Crippen molar-refractivity contribution < 1.29 is 31.2 Å². The van der Waals surface area contributed by atoms with E-state index in [2.05, 4.69) is 5.32 Å². The zero-order valence-corrected chi connectivity index (χ0v) is 17.3. The van der Waals surface area contributed by atoms with E-state index in [4.69, 9.17) is 4.74 Å². The molecule has 0 aliphatic rings. The molecule has 1 N–H and O–H groups in total. The van der Waals surface area contributed by atoms with Gasteiger partial charge in [-0.05, 0) is 42.2 Å². The van der Waals surface area contributed by atoms with Crippen molar-refractivity contribution in [1.82, 2.24) is 0 Å². The van der Waals surface area contributed by atoms with E-state index in [-0.39, 0.29) is 24.8 Å². The molecule has 0 unspecified atom stereocenters. The molecule has 0 radical (unpaired) electrons. The Morgan fingerprint density at radius 3 is 2.40 bits per heavy atom. The van der Waals surface area contributed by atoms with Crippen molar-refractivity contribution in [3.8, 4) is 5.75 Å². The number of nitro groups is 1. The SMILES string of the molecule is Cc1ccc(C(C)C)c(OCCNc2ccc(S(=O)(=O)C(F)(F)F)cc2[N+](=O)[O-])c1. The molecule has 30 heavy (non-hydrogen) atoms. The van der Waals surface area contributed by atoms with Crippen molar-refractivity contribution in [1.29, 1.82) is 0 Å². The van der Waals surface area contributed by atoms with Gasteiger partial charge in [-0.15, -0.1) is 0 Å². The summed E-state index contributed by atoms with van der Waals surface area (Å²) < 4.78 is 66.8. The van der Waals surface area contributed by atoms with E-state index in [1.165, 1.54) is 0 Å². The van der Waals surface area contributed by atoms with Gasteiger partial charge in [-0.25, -0.2) is 8.42 Å². The third kappa shape index (κ3) is 5.21. The minimum absolute atomic E-state index is 0.109. The maximum Gasteiger partial charge on any atom is 0.501 e. The number of sulfone groups is 1. The summed E-state index contributed by atoms with van der Waals surface area (Å²) in [4.78, 5) is 9.08. The van der Waals surface area contributed by atoms with Gasteiger partial charge in [-0.2, -0.15) is 13.2 Å². The van der Waals surface area contributed by atoms with Gasteiger partial charge in [0.2, 0.25) is 0 Å². The lowest BCUT2D eigenvalue weighted by molar-refractivity contribution is -0.384. The molecule has 0 spiro atoms. The minimum Gasteiger partial charge on any atom is -0.491 e. The highest BCUT2D eigenvalue weighted by Crippen LogP contribution is 2.34.